The number of likely N-dealkylation sites (tertiary alicyclic amines) is 2. The van der Waals surface area contributed by atoms with E-state index in [4.69, 9.17) is 11.5 Å². The third-order valence-corrected chi connectivity index (χ3v) is 6.99. The quantitative estimate of drug-likeness (QED) is 0.286. The number of nitrogens with two attached hydrogens (primary N) is 2. The van der Waals surface area contributed by atoms with E-state index in [1.807, 2.05) is 0 Å². The highest BCUT2D eigenvalue weighted by atomic mass is 16.3. The maximum atomic E-state index is 13.9. The van der Waals surface area contributed by atoms with Gasteiger partial charge in [-0.15, -0.1) is 0 Å². The second-order valence-corrected chi connectivity index (χ2v) is 9.17. The molecule has 0 aromatic carbocycles. The van der Waals surface area contributed by atoms with E-state index in [1.165, 1.54) is 23.6 Å². The molecule has 0 aromatic rings. The molecule has 2 fully saturated rings. The summed E-state index contributed by atoms with van der Waals surface area (Å²) in [6, 6.07) is -2.44. The molecule has 182 valence electrons. The molecule has 11 heteroatoms. The number of primary amides is 1. The van der Waals surface area contributed by atoms with E-state index in [0.29, 0.717) is 45.2 Å². The van der Waals surface area contributed by atoms with Crippen LogP contribution in [0.3, 0.4) is 0 Å². The van der Waals surface area contributed by atoms with Gasteiger partial charge in [-0.25, -0.2) is 0 Å². The average molecular weight is 456 g/mol. The molecule has 0 saturated carbocycles. The molecule has 2 aliphatic rings. The molecule has 0 bridgehead atoms. The first-order valence-corrected chi connectivity index (χ1v) is 11.2. The van der Waals surface area contributed by atoms with Crippen molar-refractivity contribution in [2.24, 2.45) is 11.5 Å². The van der Waals surface area contributed by atoms with E-state index in [1.54, 1.807) is 13.8 Å². The van der Waals surface area contributed by atoms with Gasteiger partial charge in [-0.05, 0) is 52.9 Å². The lowest BCUT2D eigenvalue weighted by Gasteiger charge is -2.44. The van der Waals surface area contributed by atoms with E-state index in [9.17, 15) is 29.4 Å². The lowest BCUT2D eigenvalue weighted by molar-refractivity contribution is -0.159. The van der Waals surface area contributed by atoms with Crippen molar-refractivity contribution in [3.63, 3.8) is 0 Å². The summed E-state index contributed by atoms with van der Waals surface area (Å²) in [5.74, 6) is -2.32. The van der Waals surface area contributed by atoms with Gasteiger partial charge in [0.15, 0.2) is 0 Å². The van der Waals surface area contributed by atoms with Crippen molar-refractivity contribution >= 4 is 23.6 Å². The van der Waals surface area contributed by atoms with Gasteiger partial charge < -0.3 is 36.8 Å². The Morgan fingerprint density at radius 2 is 1.59 bits per heavy atom. The summed E-state index contributed by atoms with van der Waals surface area (Å²) < 4.78 is 0. The number of carbonyl (C=O) groups excluding carboxylic acids is 4. The van der Waals surface area contributed by atoms with Crippen LogP contribution in [-0.2, 0) is 19.2 Å². The van der Waals surface area contributed by atoms with Gasteiger partial charge in [0.1, 0.15) is 23.2 Å². The second kappa shape index (κ2) is 9.72. The first-order valence-electron chi connectivity index (χ1n) is 11.2. The normalized spacial score (nSPS) is 29.3. The number of nitrogens with zero attached hydrogens (tertiary/aromatic N) is 2. The topological polar surface area (TPSA) is 179 Å². The van der Waals surface area contributed by atoms with Crippen molar-refractivity contribution in [2.45, 2.75) is 95.2 Å². The van der Waals surface area contributed by atoms with Crippen LogP contribution >= 0.6 is 0 Å². The summed E-state index contributed by atoms with van der Waals surface area (Å²) in [7, 11) is 0. The van der Waals surface area contributed by atoms with Gasteiger partial charge in [0.2, 0.25) is 23.6 Å². The molecule has 7 N–H and O–H groups in total. The molecule has 2 heterocycles. The Morgan fingerprint density at radius 1 is 1.03 bits per heavy atom. The SMILES string of the molecule is CC[C@@]1(C(=O)N2CCC[C@]2(C)C(=O)N[C@H](C(N)=O)[C@@H](C)O)CCCN1C(=O)[C@@H](N)[C@@H](C)O. The summed E-state index contributed by atoms with van der Waals surface area (Å²) in [5.41, 5.74) is 8.75. The van der Waals surface area contributed by atoms with Gasteiger partial charge in [0, 0.05) is 13.1 Å². The molecule has 11 nitrogen and oxygen atoms in total. The minimum Gasteiger partial charge on any atom is -0.391 e. The number of hydrogen-bond acceptors (Lipinski definition) is 7. The zero-order chi connectivity index (χ0) is 24.4. The Labute approximate surface area is 188 Å². The molecular formula is C21H37N5O6. The van der Waals surface area contributed by atoms with E-state index in [0.717, 1.165) is 0 Å². The third kappa shape index (κ3) is 4.46. The number of carbonyl (C=O) groups is 4. The Kier molecular flexibility index (Phi) is 7.90. The second-order valence-electron chi connectivity index (χ2n) is 9.17. The fraction of sp³-hybridized carbons (Fsp3) is 0.810. The monoisotopic (exact) mass is 455 g/mol. The highest BCUT2D eigenvalue weighted by Crippen LogP contribution is 2.39. The Balaban J connectivity index is 2.35. The summed E-state index contributed by atoms with van der Waals surface area (Å²) in [5, 5.41) is 22.1. The zero-order valence-electron chi connectivity index (χ0n) is 19.3. The minimum atomic E-state index is -1.29. The number of aliphatic hydroxyl groups is 2. The molecule has 0 aliphatic carbocycles. The summed E-state index contributed by atoms with van der Waals surface area (Å²) in [4.78, 5) is 54.6. The largest absolute Gasteiger partial charge is 0.391 e. The third-order valence-electron chi connectivity index (χ3n) is 6.99. The van der Waals surface area contributed by atoms with Gasteiger partial charge >= 0.3 is 0 Å². The van der Waals surface area contributed by atoms with Crippen LogP contribution in [0.25, 0.3) is 0 Å². The van der Waals surface area contributed by atoms with E-state index < -0.39 is 53.1 Å². The first-order chi connectivity index (χ1) is 14.8. The average Bonchev–Trinajstić information content (AvgIpc) is 3.34. The van der Waals surface area contributed by atoms with E-state index in [2.05, 4.69) is 5.32 Å². The van der Waals surface area contributed by atoms with Crippen molar-refractivity contribution in [1.29, 1.82) is 0 Å². The first kappa shape index (κ1) is 26.0. The van der Waals surface area contributed by atoms with Crippen molar-refractivity contribution in [1.82, 2.24) is 15.1 Å². The zero-order valence-corrected chi connectivity index (χ0v) is 19.3. The maximum Gasteiger partial charge on any atom is 0.249 e. The van der Waals surface area contributed by atoms with Crippen LogP contribution in [0.2, 0.25) is 0 Å². The van der Waals surface area contributed by atoms with Crippen LogP contribution in [0, 0.1) is 0 Å². The Hall–Kier alpha value is -2.24. The fourth-order valence-electron chi connectivity index (χ4n) is 4.83. The van der Waals surface area contributed by atoms with Gasteiger partial charge in [-0.3, -0.25) is 19.2 Å². The van der Waals surface area contributed by atoms with Crippen molar-refractivity contribution in [3.05, 3.63) is 0 Å². The number of nitrogens with one attached hydrogen (secondary N) is 1. The Bertz CT molecular complexity index is 759. The molecular weight excluding hydrogens is 418 g/mol. The van der Waals surface area contributed by atoms with Gasteiger partial charge in [-0.2, -0.15) is 0 Å². The molecule has 0 unspecified atom stereocenters. The van der Waals surface area contributed by atoms with Crippen molar-refractivity contribution < 1.29 is 29.4 Å². The van der Waals surface area contributed by atoms with Crippen molar-refractivity contribution in [2.75, 3.05) is 13.1 Å². The molecule has 0 radical (unpaired) electrons. The van der Waals surface area contributed by atoms with E-state index >= 15 is 0 Å². The summed E-state index contributed by atoms with van der Waals surface area (Å²) >= 11 is 0. The van der Waals surface area contributed by atoms with Gasteiger partial charge in [-0.1, -0.05) is 6.92 Å². The molecule has 2 aliphatic heterocycles. The molecule has 32 heavy (non-hydrogen) atoms. The van der Waals surface area contributed by atoms with Crippen LogP contribution in [-0.4, -0.2) is 92.1 Å². The van der Waals surface area contributed by atoms with Crippen LogP contribution in [0.5, 0.6) is 0 Å². The minimum absolute atomic E-state index is 0.310. The van der Waals surface area contributed by atoms with E-state index in [-0.39, 0.29) is 5.91 Å². The molecule has 6 atom stereocenters. The number of aliphatic hydroxyl groups excluding tert-OH is 2. The van der Waals surface area contributed by atoms with Crippen LogP contribution in [0.4, 0.5) is 0 Å². The summed E-state index contributed by atoms with van der Waals surface area (Å²) in [6.07, 6.45) is 0.00524. The van der Waals surface area contributed by atoms with Crippen LogP contribution in [0.15, 0.2) is 0 Å². The summed E-state index contributed by atoms with van der Waals surface area (Å²) in [6.45, 7) is 6.83. The standard InChI is InChI=1S/C21H37N5O6/c1-5-21(9-7-10-25(21)17(30)14(22)12(2)27)19(32)26-11-6-8-20(26,4)18(31)24-15(13(3)28)16(23)29/h12-15,27-28H,5-11,22H2,1-4H3,(H2,23,29)(H,24,31)/t12-,13-,14+,15+,20-,21+/m1/s1. The van der Waals surface area contributed by atoms with Gasteiger partial charge in [0.25, 0.3) is 0 Å². The van der Waals surface area contributed by atoms with Crippen LogP contribution in [0.1, 0.15) is 59.8 Å². The predicted octanol–water partition coefficient (Wildman–Crippen LogP) is -1.80. The molecule has 2 saturated heterocycles. The predicted molar refractivity (Wildman–Crippen MR) is 116 cm³/mol. The Morgan fingerprint density at radius 3 is 2.09 bits per heavy atom. The molecule has 0 aromatic heterocycles. The molecule has 0 spiro atoms. The van der Waals surface area contributed by atoms with Crippen LogP contribution < -0.4 is 16.8 Å². The highest BCUT2D eigenvalue weighted by molar-refractivity contribution is 5.99. The lowest BCUT2D eigenvalue weighted by atomic mass is 9.87. The lowest BCUT2D eigenvalue weighted by Crippen LogP contribution is -2.67. The smallest absolute Gasteiger partial charge is 0.249 e. The van der Waals surface area contributed by atoms with Crippen molar-refractivity contribution in [3.8, 4) is 0 Å². The fourth-order valence-corrected chi connectivity index (χ4v) is 4.83. The maximum absolute atomic E-state index is 13.9. The number of rotatable bonds is 8. The highest BCUT2D eigenvalue weighted by Gasteiger charge is 2.56. The molecule has 4 amide bonds. The number of hydrogen-bond donors (Lipinski definition) is 5. The number of amides is 4. The van der Waals surface area contributed by atoms with Gasteiger partial charge in [0.05, 0.1) is 12.2 Å². The molecule has 2 rings (SSSR count).